The molecule has 1 aromatic rings. The van der Waals surface area contributed by atoms with E-state index in [1.807, 2.05) is 20.8 Å². The summed E-state index contributed by atoms with van der Waals surface area (Å²) in [5, 5.41) is 0. The van der Waals surface area contributed by atoms with Gasteiger partial charge in [-0.1, -0.05) is 19.9 Å². The van der Waals surface area contributed by atoms with Crippen molar-refractivity contribution in [2.75, 3.05) is 13.4 Å². The molecule has 0 radical (unpaired) electrons. The molecule has 0 fully saturated rings. The SMILES string of the molecule is C=C(C)C(=O)OC(C)(CCC)c1ccnc(OCOCC)n1. The summed E-state index contributed by atoms with van der Waals surface area (Å²) in [6.07, 6.45) is 3.04. The number of aromatic nitrogens is 2. The van der Waals surface area contributed by atoms with Gasteiger partial charge < -0.3 is 14.2 Å². The monoisotopic (exact) mass is 308 g/mol. The Bertz CT molecular complexity index is 519. The first-order valence-corrected chi connectivity index (χ1v) is 7.35. The van der Waals surface area contributed by atoms with E-state index in [1.165, 1.54) is 0 Å². The van der Waals surface area contributed by atoms with Crippen molar-refractivity contribution in [3.8, 4) is 6.01 Å². The smallest absolute Gasteiger partial charge is 0.334 e. The first kappa shape index (κ1) is 18.1. The molecule has 1 heterocycles. The van der Waals surface area contributed by atoms with Gasteiger partial charge in [-0.05, 0) is 33.3 Å². The van der Waals surface area contributed by atoms with Gasteiger partial charge in [-0.2, -0.15) is 4.98 Å². The molecule has 1 rings (SSSR count). The largest absolute Gasteiger partial charge is 0.449 e. The molecule has 0 N–H and O–H groups in total. The summed E-state index contributed by atoms with van der Waals surface area (Å²) in [6, 6.07) is 1.91. The van der Waals surface area contributed by atoms with Gasteiger partial charge in [-0.25, -0.2) is 9.78 Å². The van der Waals surface area contributed by atoms with Gasteiger partial charge in [0.2, 0.25) is 0 Å². The van der Waals surface area contributed by atoms with Gasteiger partial charge in [0, 0.05) is 18.4 Å². The Morgan fingerprint density at radius 2 is 2.14 bits per heavy atom. The van der Waals surface area contributed by atoms with Crippen LogP contribution in [0.15, 0.2) is 24.4 Å². The molecule has 0 aliphatic rings. The molecule has 22 heavy (non-hydrogen) atoms. The van der Waals surface area contributed by atoms with E-state index < -0.39 is 11.6 Å². The number of rotatable bonds is 9. The second-order valence-corrected chi connectivity index (χ2v) is 5.13. The van der Waals surface area contributed by atoms with Gasteiger partial charge in [0.05, 0.1) is 5.69 Å². The fraction of sp³-hybridized carbons (Fsp3) is 0.562. The molecule has 1 unspecified atom stereocenters. The van der Waals surface area contributed by atoms with Crippen molar-refractivity contribution in [1.82, 2.24) is 9.97 Å². The van der Waals surface area contributed by atoms with E-state index >= 15 is 0 Å². The predicted octanol–water partition coefficient (Wildman–Crippen LogP) is 2.98. The zero-order valence-electron chi connectivity index (χ0n) is 13.7. The minimum absolute atomic E-state index is 0.0794. The van der Waals surface area contributed by atoms with Gasteiger partial charge in [0.1, 0.15) is 0 Å². The van der Waals surface area contributed by atoms with Crippen molar-refractivity contribution >= 4 is 5.97 Å². The van der Waals surface area contributed by atoms with Crippen LogP contribution in [0.5, 0.6) is 6.01 Å². The van der Waals surface area contributed by atoms with Crippen LogP contribution in [-0.2, 0) is 19.9 Å². The average molecular weight is 308 g/mol. The van der Waals surface area contributed by atoms with Gasteiger partial charge in [-0.15, -0.1) is 0 Å². The van der Waals surface area contributed by atoms with Crippen molar-refractivity contribution in [3.05, 3.63) is 30.1 Å². The third kappa shape index (κ3) is 5.11. The van der Waals surface area contributed by atoms with Crippen LogP contribution in [0.4, 0.5) is 0 Å². The molecule has 0 bridgehead atoms. The molecule has 6 nitrogen and oxygen atoms in total. The normalized spacial score (nSPS) is 13.3. The highest BCUT2D eigenvalue weighted by atomic mass is 16.7. The van der Waals surface area contributed by atoms with Crippen LogP contribution in [0.2, 0.25) is 0 Å². The molecule has 1 aromatic heterocycles. The maximum atomic E-state index is 11.9. The zero-order chi connectivity index (χ0) is 16.6. The minimum atomic E-state index is -0.850. The summed E-state index contributed by atoms with van der Waals surface area (Å²) >= 11 is 0. The van der Waals surface area contributed by atoms with Gasteiger partial charge in [-0.3, -0.25) is 0 Å². The predicted molar refractivity (Wildman–Crippen MR) is 82.3 cm³/mol. The third-order valence-electron chi connectivity index (χ3n) is 3.04. The fourth-order valence-electron chi connectivity index (χ4n) is 1.88. The Morgan fingerprint density at radius 1 is 1.41 bits per heavy atom. The highest BCUT2D eigenvalue weighted by molar-refractivity contribution is 5.87. The third-order valence-corrected chi connectivity index (χ3v) is 3.04. The van der Waals surface area contributed by atoms with Crippen molar-refractivity contribution in [2.45, 2.75) is 46.1 Å². The Morgan fingerprint density at radius 3 is 2.73 bits per heavy atom. The molecule has 0 spiro atoms. The second-order valence-electron chi connectivity index (χ2n) is 5.13. The van der Waals surface area contributed by atoms with E-state index in [9.17, 15) is 4.79 Å². The van der Waals surface area contributed by atoms with Crippen molar-refractivity contribution < 1.29 is 19.0 Å². The number of esters is 1. The van der Waals surface area contributed by atoms with Crippen LogP contribution in [0.25, 0.3) is 0 Å². The number of carbonyl (C=O) groups excluding carboxylic acids is 1. The molecule has 0 aliphatic heterocycles. The van der Waals surface area contributed by atoms with Crippen molar-refractivity contribution in [1.29, 1.82) is 0 Å². The lowest BCUT2D eigenvalue weighted by Gasteiger charge is -2.29. The highest BCUT2D eigenvalue weighted by Crippen LogP contribution is 2.30. The Balaban J connectivity index is 2.97. The molecule has 0 saturated heterocycles. The van der Waals surface area contributed by atoms with E-state index in [2.05, 4.69) is 16.5 Å². The molecule has 0 aliphatic carbocycles. The van der Waals surface area contributed by atoms with E-state index in [4.69, 9.17) is 14.2 Å². The van der Waals surface area contributed by atoms with Gasteiger partial charge in [0.15, 0.2) is 12.4 Å². The Kier molecular flexibility index (Phi) is 6.98. The highest BCUT2D eigenvalue weighted by Gasteiger charge is 2.32. The molecule has 0 amide bonds. The number of ether oxygens (including phenoxy) is 3. The molecular formula is C16H24N2O4. The van der Waals surface area contributed by atoms with Gasteiger partial charge >= 0.3 is 12.0 Å². The molecule has 122 valence electrons. The first-order valence-electron chi connectivity index (χ1n) is 7.35. The standard InChI is InChI=1S/C16H24N2O4/c1-6-9-16(5,22-14(19)12(3)4)13-8-10-17-15(18-13)21-11-20-7-2/h8,10H,3,6-7,9,11H2,1-2,4-5H3. The summed E-state index contributed by atoms with van der Waals surface area (Å²) in [5.74, 6) is -0.439. The molecule has 0 saturated carbocycles. The number of carbonyl (C=O) groups is 1. The summed E-state index contributed by atoms with van der Waals surface area (Å²) in [5.41, 5.74) is 0.0897. The Labute approximate surface area is 131 Å². The molecule has 1 atom stereocenters. The summed E-state index contributed by atoms with van der Waals surface area (Å²) < 4.78 is 16.0. The second kappa shape index (κ2) is 8.48. The maximum absolute atomic E-state index is 11.9. The lowest BCUT2D eigenvalue weighted by molar-refractivity contribution is -0.155. The minimum Gasteiger partial charge on any atom is -0.449 e. The summed E-state index contributed by atoms with van der Waals surface area (Å²) in [4.78, 5) is 20.2. The molecule has 0 aromatic carbocycles. The van der Waals surface area contributed by atoms with E-state index in [0.717, 1.165) is 6.42 Å². The van der Waals surface area contributed by atoms with Gasteiger partial charge in [0.25, 0.3) is 0 Å². The van der Waals surface area contributed by atoms with E-state index in [0.29, 0.717) is 24.3 Å². The molecule has 6 heteroatoms. The molecular weight excluding hydrogens is 284 g/mol. The maximum Gasteiger partial charge on any atom is 0.334 e. The summed E-state index contributed by atoms with van der Waals surface area (Å²) in [6.45, 7) is 11.6. The van der Waals surface area contributed by atoms with Crippen molar-refractivity contribution in [2.24, 2.45) is 0 Å². The van der Waals surface area contributed by atoms with Crippen molar-refractivity contribution in [3.63, 3.8) is 0 Å². The quantitative estimate of drug-likeness (QED) is 0.302. The Hall–Kier alpha value is -1.95. The van der Waals surface area contributed by atoms with E-state index in [-0.39, 0.29) is 12.8 Å². The fourth-order valence-corrected chi connectivity index (χ4v) is 1.88. The van der Waals surface area contributed by atoms with Crippen LogP contribution < -0.4 is 4.74 Å². The lowest BCUT2D eigenvalue weighted by atomic mass is 9.95. The van der Waals surface area contributed by atoms with Crippen LogP contribution in [0.3, 0.4) is 0 Å². The number of nitrogens with zero attached hydrogens (tertiary/aromatic N) is 2. The lowest BCUT2D eigenvalue weighted by Crippen LogP contribution is -2.30. The average Bonchev–Trinajstić information content (AvgIpc) is 2.48. The zero-order valence-corrected chi connectivity index (χ0v) is 13.7. The van der Waals surface area contributed by atoms with Crippen LogP contribution in [-0.4, -0.2) is 29.3 Å². The van der Waals surface area contributed by atoms with Crippen LogP contribution >= 0.6 is 0 Å². The topological polar surface area (TPSA) is 70.5 Å². The van der Waals surface area contributed by atoms with Crippen LogP contribution in [0.1, 0.15) is 46.2 Å². The first-order chi connectivity index (χ1) is 10.4. The number of hydrogen-bond acceptors (Lipinski definition) is 6. The van der Waals surface area contributed by atoms with E-state index in [1.54, 1.807) is 19.2 Å². The summed E-state index contributed by atoms with van der Waals surface area (Å²) in [7, 11) is 0. The van der Waals surface area contributed by atoms with Crippen LogP contribution in [0, 0.1) is 0 Å². The number of hydrogen-bond donors (Lipinski definition) is 0.